The van der Waals surface area contributed by atoms with Crippen LogP contribution in [0.2, 0.25) is 0 Å². The third kappa shape index (κ3) is 2.66. The summed E-state index contributed by atoms with van der Waals surface area (Å²) in [5.41, 5.74) is 0. The van der Waals surface area contributed by atoms with Gasteiger partial charge in [-0.1, -0.05) is 0 Å². The lowest BCUT2D eigenvalue weighted by Crippen LogP contribution is -2.55. The van der Waals surface area contributed by atoms with Crippen molar-refractivity contribution in [2.75, 3.05) is 33.3 Å². The summed E-state index contributed by atoms with van der Waals surface area (Å²) >= 11 is 0. The predicted molar refractivity (Wildman–Crippen MR) is 67.0 cm³/mol. The van der Waals surface area contributed by atoms with Crippen molar-refractivity contribution in [2.24, 2.45) is 5.92 Å². The Hall–Kier alpha value is -1.10. The zero-order chi connectivity index (χ0) is 13.1. The molecule has 2 aliphatic rings. The van der Waals surface area contributed by atoms with Gasteiger partial charge in [0.2, 0.25) is 0 Å². The van der Waals surface area contributed by atoms with Gasteiger partial charge in [-0.2, -0.15) is 0 Å². The Bertz CT molecular complexity index is 332. The summed E-state index contributed by atoms with van der Waals surface area (Å²) in [6.45, 7) is 4.49. The number of rotatable bonds is 1. The second kappa shape index (κ2) is 5.69. The minimum atomic E-state index is -0.708. The van der Waals surface area contributed by atoms with Gasteiger partial charge in [0.15, 0.2) is 0 Å². The van der Waals surface area contributed by atoms with Gasteiger partial charge in [0.1, 0.15) is 0 Å². The highest BCUT2D eigenvalue weighted by Crippen LogP contribution is 2.29. The summed E-state index contributed by atoms with van der Waals surface area (Å²) in [6.07, 6.45) is 3.30. The number of carbonyl (C=O) groups excluding carboxylic acids is 2. The van der Waals surface area contributed by atoms with E-state index in [2.05, 4.69) is 11.9 Å². The smallest absolute Gasteiger partial charge is 0.397 e. The van der Waals surface area contributed by atoms with Gasteiger partial charge in [-0.05, 0) is 45.7 Å². The molecule has 5 heteroatoms. The van der Waals surface area contributed by atoms with Crippen LogP contribution in [0.15, 0.2) is 0 Å². The number of amides is 1. The summed E-state index contributed by atoms with van der Waals surface area (Å²) in [5.74, 6) is -0.667. The molecule has 0 aliphatic carbocycles. The van der Waals surface area contributed by atoms with Crippen LogP contribution in [0.1, 0.15) is 26.2 Å². The molecule has 0 aromatic carbocycles. The first kappa shape index (κ1) is 13.3. The quantitative estimate of drug-likeness (QED) is 0.505. The van der Waals surface area contributed by atoms with E-state index in [0.29, 0.717) is 25.0 Å². The molecule has 2 heterocycles. The summed E-state index contributed by atoms with van der Waals surface area (Å²) in [6, 6.07) is 0.574. The van der Waals surface area contributed by atoms with E-state index in [4.69, 9.17) is 4.74 Å². The van der Waals surface area contributed by atoms with Gasteiger partial charge in [-0.25, -0.2) is 4.79 Å². The summed E-state index contributed by atoms with van der Waals surface area (Å²) < 4.78 is 4.77. The number of carbonyl (C=O) groups is 2. The number of fused-ring (bicyclic) bond motifs is 1. The molecular formula is C13H22N2O3. The van der Waals surface area contributed by atoms with Gasteiger partial charge in [0, 0.05) is 19.1 Å². The van der Waals surface area contributed by atoms with Gasteiger partial charge in [0.25, 0.3) is 0 Å². The molecule has 5 nitrogen and oxygen atoms in total. The highest BCUT2D eigenvalue weighted by molar-refractivity contribution is 6.32. The van der Waals surface area contributed by atoms with Crippen molar-refractivity contribution in [1.82, 2.24) is 9.80 Å². The van der Waals surface area contributed by atoms with Crippen LogP contribution in [0, 0.1) is 5.92 Å². The van der Waals surface area contributed by atoms with Crippen LogP contribution in [0.25, 0.3) is 0 Å². The highest BCUT2D eigenvalue weighted by atomic mass is 16.5. The van der Waals surface area contributed by atoms with Crippen molar-refractivity contribution in [1.29, 1.82) is 0 Å². The number of piperidine rings is 2. The lowest BCUT2D eigenvalue weighted by molar-refractivity contribution is -0.161. The maximum absolute atomic E-state index is 11.9. The zero-order valence-electron chi connectivity index (χ0n) is 11.2. The minimum Gasteiger partial charge on any atom is -0.459 e. The maximum Gasteiger partial charge on any atom is 0.397 e. The summed E-state index contributed by atoms with van der Waals surface area (Å²) in [5, 5.41) is 0. The van der Waals surface area contributed by atoms with E-state index in [9.17, 15) is 9.59 Å². The molecular weight excluding hydrogens is 232 g/mol. The van der Waals surface area contributed by atoms with E-state index in [0.717, 1.165) is 19.4 Å². The molecule has 18 heavy (non-hydrogen) atoms. The average molecular weight is 254 g/mol. The van der Waals surface area contributed by atoms with Crippen LogP contribution in [0.3, 0.4) is 0 Å². The molecule has 0 bridgehead atoms. The van der Waals surface area contributed by atoms with Crippen molar-refractivity contribution in [3.63, 3.8) is 0 Å². The first-order valence-electron chi connectivity index (χ1n) is 6.79. The Morgan fingerprint density at radius 3 is 2.78 bits per heavy atom. The molecule has 2 aliphatic heterocycles. The van der Waals surface area contributed by atoms with Gasteiger partial charge in [-0.15, -0.1) is 0 Å². The second-order valence-electron chi connectivity index (χ2n) is 5.21. The van der Waals surface area contributed by atoms with Crippen molar-refractivity contribution >= 4 is 11.9 Å². The molecule has 0 N–H and O–H groups in total. The van der Waals surface area contributed by atoms with E-state index < -0.39 is 11.9 Å². The Kier molecular flexibility index (Phi) is 4.22. The first-order valence-corrected chi connectivity index (χ1v) is 6.79. The molecule has 0 saturated carbocycles. The monoisotopic (exact) mass is 254 g/mol. The molecule has 0 aromatic rings. The van der Waals surface area contributed by atoms with E-state index in [-0.39, 0.29) is 6.61 Å². The minimum absolute atomic E-state index is 0.257. The predicted octanol–water partition coefficient (Wildman–Crippen LogP) is 0.492. The van der Waals surface area contributed by atoms with Crippen molar-refractivity contribution in [3.05, 3.63) is 0 Å². The Morgan fingerprint density at radius 2 is 2.06 bits per heavy atom. The van der Waals surface area contributed by atoms with Gasteiger partial charge in [0.05, 0.1) is 6.61 Å². The van der Waals surface area contributed by atoms with Crippen LogP contribution < -0.4 is 0 Å². The van der Waals surface area contributed by atoms with E-state index >= 15 is 0 Å². The number of ether oxygens (including phenoxy) is 1. The second-order valence-corrected chi connectivity index (χ2v) is 5.21. The SMILES string of the molecule is CCOC(=O)C(=O)N1CCC2C(CCCN2C)C1. The number of nitrogens with zero attached hydrogens (tertiary/aromatic N) is 2. The van der Waals surface area contributed by atoms with Crippen molar-refractivity contribution in [2.45, 2.75) is 32.2 Å². The largest absolute Gasteiger partial charge is 0.459 e. The van der Waals surface area contributed by atoms with Gasteiger partial charge in [-0.3, -0.25) is 4.79 Å². The molecule has 1 amide bonds. The summed E-state index contributed by atoms with van der Waals surface area (Å²) in [7, 11) is 2.15. The molecule has 102 valence electrons. The molecule has 0 aromatic heterocycles. The fourth-order valence-electron chi connectivity index (χ4n) is 3.16. The van der Waals surface area contributed by atoms with Crippen molar-refractivity contribution < 1.29 is 14.3 Å². The third-order valence-electron chi connectivity index (χ3n) is 4.08. The fraction of sp³-hybridized carbons (Fsp3) is 0.846. The number of likely N-dealkylation sites (tertiary alicyclic amines) is 2. The Balaban J connectivity index is 1.94. The average Bonchev–Trinajstić information content (AvgIpc) is 2.38. The van der Waals surface area contributed by atoms with Gasteiger partial charge >= 0.3 is 11.9 Å². The molecule has 2 rings (SSSR count). The Labute approximate surface area is 108 Å². The lowest BCUT2D eigenvalue weighted by Gasteiger charge is -2.45. The molecule has 2 atom stereocenters. The molecule has 2 unspecified atom stereocenters. The maximum atomic E-state index is 11.9. The fourth-order valence-corrected chi connectivity index (χ4v) is 3.16. The normalized spacial score (nSPS) is 28.7. The van der Waals surface area contributed by atoms with Crippen LogP contribution in [0.5, 0.6) is 0 Å². The number of hydrogen-bond donors (Lipinski definition) is 0. The first-order chi connectivity index (χ1) is 8.63. The van der Waals surface area contributed by atoms with Crippen LogP contribution in [-0.4, -0.2) is 61.0 Å². The van der Waals surface area contributed by atoms with Crippen LogP contribution >= 0.6 is 0 Å². The van der Waals surface area contributed by atoms with E-state index in [1.54, 1.807) is 11.8 Å². The van der Waals surface area contributed by atoms with Crippen molar-refractivity contribution in [3.8, 4) is 0 Å². The molecule has 0 spiro atoms. The summed E-state index contributed by atoms with van der Waals surface area (Å²) in [4.78, 5) is 27.4. The van der Waals surface area contributed by atoms with Crippen LogP contribution in [-0.2, 0) is 14.3 Å². The lowest BCUT2D eigenvalue weighted by atomic mass is 9.84. The standard InChI is InChI=1S/C13H22N2O3/c1-3-18-13(17)12(16)15-8-6-11-10(9-15)5-4-7-14(11)2/h10-11H,3-9H2,1-2H3. The van der Waals surface area contributed by atoms with E-state index in [1.807, 2.05) is 0 Å². The van der Waals surface area contributed by atoms with Gasteiger partial charge < -0.3 is 14.5 Å². The molecule has 2 fully saturated rings. The zero-order valence-corrected chi connectivity index (χ0v) is 11.2. The Morgan fingerprint density at radius 1 is 1.28 bits per heavy atom. The van der Waals surface area contributed by atoms with Crippen LogP contribution in [0.4, 0.5) is 0 Å². The highest BCUT2D eigenvalue weighted by Gasteiger charge is 2.37. The number of hydrogen-bond acceptors (Lipinski definition) is 4. The van der Waals surface area contributed by atoms with E-state index in [1.165, 1.54) is 6.42 Å². The molecule has 0 radical (unpaired) electrons. The molecule has 2 saturated heterocycles. The number of esters is 1. The third-order valence-corrected chi connectivity index (χ3v) is 4.08. The topological polar surface area (TPSA) is 49.9 Å².